The van der Waals surface area contributed by atoms with E-state index in [0.29, 0.717) is 11.7 Å². The lowest BCUT2D eigenvalue weighted by atomic mass is 10.1. The zero-order valence-electron chi connectivity index (χ0n) is 9.58. The molecule has 1 unspecified atom stereocenters. The average Bonchev–Trinajstić information content (AvgIpc) is 2.81. The van der Waals surface area contributed by atoms with Crippen molar-refractivity contribution in [2.24, 2.45) is 0 Å². The van der Waals surface area contributed by atoms with E-state index in [4.69, 9.17) is 16.1 Å². The van der Waals surface area contributed by atoms with Crippen LogP contribution in [0.25, 0.3) is 11.5 Å². The van der Waals surface area contributed by atoms with Gasteiger partial charge in [-0.15, -0.1) is 11.6 Å². The summed E-state index contributed by atoms with van der Waals surface area (Å²) in [4.78, 5) is 4.34. The van der Waals surface area contributed by atoms with Gasteiger partial charge in [0.25, 0.3) is 5.89 Å². The number of rotatable bonds is 3. The van der Waals surface area contributed by atoms with E-state index >= 15 is 0 Å². The number of aromatic nitrogens is 2. The van der Waals surface area contributed by atoms with Crippen LogP contribution in [0.4, 0.5) is 0 Å². The molecule has 0 aliphatic carbocycles. The first-order valence-electron chi connectivity index (χ1n) is 5.36. The molecule has 90 valence electrons. The van der Waals surface area contributed by atoms with Crippen LogP contribution >= 0.6 is 34.2 Å². The number of hydrogen-bond donors (Lipinski definition) is 0. The fraction of sp³-hybridized carbons (Fsp3) is 0.333. The number of hydrogen-bond acceptors (Lipinski definition) is 3. The quantitative estimate of drug-likeness (QED) is 0.602. The highest BCUT2D eigenvalue weighted by Crippen LogP contribution is 2.28. The maximum atomic E-state index is 6.08. The minimum atomic E-state index is -0.185. The van der Waals surface area contributed by atoms with Crippen molar-refractivity contribution in [3.05, 3.63) is 33.2 Å². The summed E-state index contributed by atoms with van der Waals surface area (Å²) in [5, 5.41) is 3.73. The van der Waals surface area contributed by atoms with Crippen LogP contribution in [-0.4, -0.2) is 10.1 Å². The van der Waals surface area contributed by atoms with Crippen LogP contribution in [0.5, 0.6) is 0 Å². The predicted octanol–water partition coefficient (Wildman–Crippen LogP) is 4.34. The molecule has 1 atom stereocenters. The monoisotopic (exact) mass is 362 g/mol. The Morgan fingerprint density at radius 1 is 1.47 bits per heavy atom. The molecule has 0 amide bonds. The summed E-state index contributed by atoms with van der Waals surface area (Å²) in [6.45, 7) is 4.04. The summed E-state index contributed by atoms with van der Waals surface area (Å²) in [5.74, 6) is 1.09. The second-order valence-electron chi connectivity index (χ2n) is 3.77. The van der Waals surface area contributed by atoms with Crippen LogP contribution in [-0.2, 0) is 0 Å². The highest BCUT2D eigenvalue weighted by atomic mass is 127. The predicted molar refractivity (Wildman–Crippen MR) is 76.1 cm³/mol. The highest BCUT2D eigenvalue weighted by molar-refractivity contribution is 14.1. The number of halogens is 2. The Morgan fingerprint density at radius 3 is 2.94 bits per heavy atom. The third kappa shape index (κ3) is 2.63. The smallest absolute Gasteiger partial charge is 0.259 e. The Morgan fingerprint density at radius 2 is 2.24 bits per heavy atom. The number of alkyl halides is 1. The van der Waals surface area contributed by atoms with Crippen LogP contribution < -0.4 is 0 Å². The van der Waals surface area contributed by atoms with E-state index in [0.717, 1.165) is 15.6 Å². The molecule has 5 heteroatoms. The molecule has 2 aromatic rings. The number of aryl methyl sites for hydroxylation is 1. The molecule has 1 aromatic heterocycles. The largest absolute Gasteiger partial charge is 0.334 e. The summed E-state index contributed by atoms with van der Waals surface area (Å²) in [7, 11) is 0. The van der Waals surface area contributed by atoms with E-state index in [2.05, 4.69) is 45.7 Å². The van der Waals surface area contributed by atoms with Gasteiger partial charge >= 0.3 is 0 Å². The van der Waals surface area contributed by atoms with Crippen molar-refractivity contribution in [3.63, 3.8) is 0 Å². The summed E-state index contributed by atoms with van der Waals surface area (Å²) in [5.41, 5.74) is 2.16. The minimum absolute atomic E-state index is 0.185. The van der Waals surface area contributed by atoms with Crippen molar-refractivity contribution < 1.29 is 4.52 Å². The Labute approximate surface area is 119 Å². The van der Waals surface area contributed by atoms with Gasteiger partial charge in [0, 0.05) is 3.57 Å². The van der Waals surface area contributed by atoms with E-state index in [1.54, 1.807) is 0 Å². The molecule has 3 nitrogen and oxygen atoms in total. The normalized spacial score (nSPS) is 12.7. The Hall–Kier alpha value is -0.620. The molecule has 0 bridgehead atoms. The van der Waals surface area contributed by atoms with Crippen LogP contribution in [0.3, 0.4) is 0 Å². The fourth-order valence-electron chi connectivity index (χ4n) is 1.47. The topological polar surface area (TPSA) is 38.9 Å². The standard InChI is InChI=1S/C12H12ClIN2O/c1-3-9(13)11-15-12(17-16-11)8-6-4-5-7(2)10(8)14/h4-6,9H,3H2,1-2H3. The van der Waals surface area contributed by atoms with Gasteiger partial charge in [-0.3, -0.25) is 0 Å². The first kappa shape index (κ1) is 12.8. The highest BCUT2D eigenvalue weighted by Gasteiger charge is 2.16. The van der Waals surface area contributed by atoms with E-state index in [9.17, 15) is 0 Å². The third-order valence-corrected chi connectivity index (χ3v) is 4.44. The van der Waals surface area contributed by atoms with E-state index in [1.807, 2.05) is 19.1 Å². The molecule has 0 N–H and O–H groups in total. The molecule has 0 radical (unpaired) electrons. The fourth-order valence-corrected chi connectivity index (χ4v) is 2.15. The zero-order valence-corrected chi connectivity index (χ0v) is 12.5. The van der Waals surface area contributed by atoms with Gasteiger partial charge in [0.1, 0.15) is 0 Å². The van der Waals surface area contributed by atoms with Crippen molar-refractivity contribution in [2.75, 3.05) is 0 Å². The van der Waals surface area contributed by atoms with Crippen molar-refractivity contribution in [1.82, 2.24) is 10.1 Å². The lowest BCUT2D eigenvalue weighted by molar-refractivity contribution is 0.421. The number of benzene rings is 1. The molecule has 0 spiro atoms. The molecule has 0 aliphatic rings. The van der Waals surface area contributed by atoms with Gasteiger partial charge in [-0.2, -0.15) is 4.98 Å². The van der Waals surface area contributed by atoms with Gasteiger partial charge in [0.2, 0.25) is 0 Å². The molecule has 1 aromatic carbocycles. The van der Waals surface area contributed by atoms with Crippen LogP contribution in [0.2, 0.25) is 0 Å². The van der Waals surface area contributed by atoms with Crippen molar-refractivity contribution in [3.8, 4) is 11.5 Å². The first-order valence-corrected chi connectivity index (χ1v) is 6.88. The van der Waals surface area contributed by atoms with Gasteiger partial charge in [0.05, 0.1) is 10.9 Å². The molecule has 0 saturated heterocycles. The lowest BCUT2D eigenvalue weighted by Crippen LogP contribution is -1.91. The van der Waals surface area contributed by atoms with Crippen LogP contribution in [0.15, 0.2) is 22.7 Å². The van der Waals surface area contributed by atoms with E-state index < -0.39 is 0 Å². The molecule has 17 heavy (non-hydrogen) atoms. The van der Waals surface area contributed by atoms with Crippen LogP contribution in [0, 0.1) is 10.5 Å². The maximum absolute atomic E-state index is 6.08. The van der Waals surface area contributed by atoms with Gasteiger partial charge in [-0.1, -0.05) is 24.2 Å². The maximum Gasteiger partial charge on any atom is 0.259 e. The zero-order chi connectivity index (χ0) is 12.4. The lowest BCUT2D eigenvalue weighted by Gasteiger charge is -2.01. The van der Waals surface area contributed by atoms with Gasteiger partial charge < -0.3 is 4.52 Å². The molecular formula is C12H12ClIN2O. The molecule has 0 fully saturated rings. The van der Waals surface area contributed by atoms with Crippen molar-refractivity contribution in [1.29, 1.82) is 0 Å². The van der Waals surface area contributed by atoms with Gasteiger partial charge in [0.15, 0.2) is 5.82 Å². The summed E-state index contributed by atoms with van der Waals surface area (Å²) >= 11 is 8.36. The van der Waals surface area contributed by atoms with Crippen molar-refractivity contribution >= 4 is 34.2 Å². The Bertz CT molecular complexity index is 527. The molecular weight excluding hydrogens is 351 g/mol. The third-order valence-electron chi connectivity index (χ3n) is 2.50. The Balaban J connectivity index is 2.40. The average molecular weight is 363 g/mol. The summed E-state index contributed by atoms with van der Waals surface area (Å²) < 4.78 is 6.39. The molecule has 0 aliphatic heterocycles. The molecule has 2 rings (SSSR count). The Kier molecular flexibility index (Phi) is 4.04. The summed E-state index contributed by atoms with van der Waals surface area (Å²) in [6, 6.07) is 6.01. The SMILES string of the molecule is CCC(Cl)c1noc(-c2cccc(C)c2I)n1. The second-order valence-corrected chi connectivity index (χ2v) is 5.38. The van der Waals surface area contributed by atoms with Gasteiger partial charge in [-0.25, -0.2) is 0 Å². The second kappa shape index (κ2) is 5.35. The summed E-state index contributed by atoms with van der Waals surface area (Å²) in [6.07, 6.45) is 0.783. The molecule has 1 heterocycles. The van der Waals surface area contributed by atoms with Gasteiger partial charge in [-0.05, 0) is 47.6 Å². The molecule has 0 saturated carbocycles. The van der Waals surface area contributed by atoms with Crippen LogP contribution in [0.1, 0.15) is 30.1 Å². The van der Waals surface area contributed by atoms with Crippen molar-refractivity contribution in [2.45, 2.75) is 25.6 Å². The number of nitrogens with zero attached hydrogens (tertiary/aromatic N) is 2. The first-order chi connectivity index (χ1) is 8.13. The minimum Gasteiger partial charge on any atom is -0.334 e. The van der Waals surface area contributed by atoms with E-state index in [-0.39, 0.29) is 5.38 Å². The van der Waals surface area contributed by atoms with E-state index in [1.165, 1.54) is 5.56 Å².